The molecule has 2 nitrogen and oxygen atoms in total. The van der Waals surface area contributed by atoms with Crippen LogP contribution in [0.4, 0.5) is 0 Å². The summed E-state index contributed by atoms with van der Waals surface area (Å²) >= 11 is 18.4. The van der Waals surface area contributed by atoms with Gasteiger partial charge in [-0.1, -0.05) is 48.9 Å². The molecule has 0 N–H and O–H groups in total. The van der Waals surface area contributed by atoms with Crippen LogP contribution >= 0.6 is 34.8 Å². The van der Waals surface area contributed by atoms with Crippen LogP contribution in [0.15, 0.2) is 12.1 Å². The first-order valence-corrected chi connectivity index (χ1v) is 8.41. The Morgan fingerprint density at radius 3 is 2.35 bits per heavy atom. The summed E-state index contributed by atoms with van der Waals surface area (Å²) in [7, 11) is 0. The molecule has 1 aromatic heterocycles. The highest BCUT2D eigenvalue weighted by atomic mass is 35.5. The van der Waals surface area contributed by atoms with Gasteiger partial charge < -0.3 is 4.57 Å². The summed E-state index contributed by atoms with van der Waals surface area (Å²) in [5, 5.41) is 1.13. The summed E-state index contributed by atoms with van der Waals surface area (Å²) in [6, 6.07) is 4.24. The monoisotopic (exact) mass is 330 g/mol. The molecule has 2 aromatic rings. The van der Waals surface area contributed by atoms with E-state index in [1.54, 1.807) is 0 Å². The van der Waals surface area contributed by atoms with Crippen molar-refractivity contribution in [3.8, 4) is 0 Å². The highest BCUT2D eigenvalue weighted by molar-refractivity contribution is 6.42. The Morgan fingerprint density at radius 2 is 1.70 bits per heavy atom. The molecule has 20 heavy (non-hydrogen) atoms. The average molecular weight is 332 g/mol. The van der Waals surface area contributed by atoms with Gasteiger partial charge >= 0.3 is 0 Å². The van der Waals surface area contributed by atoms with Crippen molar-refractivity contribution < 1.29 is 0 Å². The predicted octanol–water partition coefficient (Wildman–Crippen LogP) is 5.98. The molecule has 0 radical (unpaired) electrons. The Balaban J connectivity index is 2.13. The fraction of sp³-hybridized carbons (Fsp3) is 0.533. The second-order valence-electron chi connectivity index (χ2n) is 5.43. The second kappa shape index (κ2) is 6.13. The van der Waals surface area contributed by atoms with E-state index in [9.17, 15) is 0 Å². The molecule has 1 aliphatic rings. The van der Waals surface area contributed by atoms with Crippen LogP contribution in [0.5, 0.6) is 0 Å². The third-order valence-electron chi connectivity index (χ3n) is 4.11. The Hall–Kier alpha value is -0.440. The number of halogens is 3. The molecule has 1 heterocycles. The molecule has 1 aromatic carbocycles. The number of alkyl halides is 1. The minimum absolute atomic E-state index is 0.417. The van der Waals surface area contributed by atoms with Crippen molar-refractivity contribution in [2.75, 3.05) is 0 Å². The minimum atomic E-state index is 0.417. The Labute approximate surface area is 134 Å². The average Bonchev–Trinajstić information content (AvgIpc) is 2.63. The van der Waals surface area contributed by atoms with Crippen LogP contribution in [0.25, 0.3) is 11.0 Å². The first kappa shape index (κ1) is 14.5. The standard InChI is InChI=1S/C15H17Cl3N2/c16-9-15-19-13-7-11(17)12(18)8-14(13)20(15)10-5-3-1-2-4-6-10/h7-8,10H,1-6,9H2. The maximum Gasteiger partial charge on any atom is 0.125 e. The largest absolute Gasteiger partial charge is 0.324 e. The lowest BCUT2D eigenvalue weighted by atomic mass is 10.1. The molecular weight excluding hydrogens is 315 g/mol. The van der Waals surface area contributed by atoms with Crippen LogP contribution < -0.4 is 0 Å². The SMILES string of the molecule is ClCc1nc2cc(Cl)c(Cl)cc2n1C1CCCCCC1. The van der Waals surface area contributed by atoms with E-state index in [0.717, 1.165) is 16.9 Å². The van der Waals surface area contributed by atoms with E-state index in [4.69, 9.17) is 34.8 Å². The van der Waals surface area contributed by atoms with Gasteiger partial charge in [-0.3, -0.25) is 0 Å². The molecule has 108 valence electrons. The molecule has 0 bridgehead atoms. The zero-order valence-corrected chi connectivity index (χ0v) is 13.5. The molecule has 1 fully saturated rings. The summed E-state index contributed by atoms with van der Waals surface area (Å²) in [4.78, 5) is 4.63. The number of rotatable bonds is 2. The number of hydrogen-bond acceptors (Lipinski definition) is 1. The van der Waals surface area contributed by atoms with Crippen LogP contribution in [0, 0.1) is 0 Å². The fourth-order valence-corrected chi connectivity index (χ4v) is 3.66. The maximum absolute atomic E-state index is 6.18. The van der Waals surface area contributed by atoms with Crippen LogP contribution in [0.2, 0.25) is 10.0 Å². The third kappa shape index (κ3) is 2.66. The topological polar surface area (TPSA) is 17.8 Å². The first-order chi connectivity index (χ1) is 9.70. The third-order valence-corrected chi connectivity index (χ3v) is 5.08. The van der Waals surface area contributed by atoms with Gasteiger partial charge in [0.15, 0.2) is 0 Å². The van der Waals surface area contributed by atoms with E-state index in [2.05, 4.69) is 9.55 Å². The molecule has 5 heteroatoms. The highest BCUT2D eigenvalue weighted by Gasteiger charge is 2.21. The van der Waals surface area contributed by atoms with E-state index >= 15 is 0 Å². The second-order valence-corrected chi connectivity index (χ2v) is 6.51. The molecule has 0 atom stereocenters. The number of aromatic nitrogens is 2. The Morgan fingerprint density at radius 1 is 1.05 bits per heavy atom. The summed E-state index contributed by atoms with van der Waals surface area (Å²) in [5.74, 6) is 1.34. The Kier molecular flexibility index (Phi) is 4.44. The van der Waals surface area contributed by atoms with Crippen LogP contribution in [-0.2, 0) is 5.88 Å². The van der Waals surface area contributed by atoms with Gasteiger partial charge in [-0.2, -0.15) is 0 Å². The number of nitrogens with zero attached hydrogens (tertiary/aromatic N) is 2. The molecule has 0 amide bonds. The summed E-state index contributed by atoms with van der Waals surface area (Å²) in [5.41, 5.74) is 1.95. The summed E-state index contributed by atoms with van der Waals surface area (Å²) < 4.78 is 2.29. The molecule has 1 saturated carbocycles. The van der Waals surface area contributed by atoms with E-state index in [0.29, 0.717) is 22.0 Å². The molecule has 0 spiro atoms. The van der Waals surface area contributed by atoms with E-state index in [-0.39, 0.29) is 0 Å². The van der Waals surface area contributed by atoms with Gasteiger partial charge in [-0.15, -0.1) is 11.6 Å². The zero-order chi connectivity index (χ0) is 14.1. The first-order valence-electron chi connectivity index (χ1n) is 7.12. The van der Waals surface area contributed by atoms with Gasteiger partial charge in [0.1, 0.15) is 5.82 Å². The van der Waals surface area contributed by atoms with Crippen molar-refractivity contribution in [1.29, 1.82) is 0 Å². The van der Waals surface area contributed by atoms with Crippen molar-refractivity contribution in [3.63, 3.8) is 0 Å². The van der Waals surface area contributed by atoms with Gasteiger partial charge in [0.2, 0.25) is 0 Å². The van der Waals surface area contributed by atoms with Crippen LogP contribution in [-0.4, -0.2) is 9.55 Å². The lowest BCUT2D eigenvalue weighted by Gasteiger charge is -2.19. The molecule has 0 saturated heterocycles. The van der Waals surface area contributed by atoms with E-state index in [1.165, 1.54) is 38.5 Å². The van der Waals surface area contributed by atoms with Gasteiger partial charge in [-0.25, -0.2) is 4.98 Å². The Bertz CT molecular complexity index is 613. The highest BCUT2D eigenvalue weighted by Crippen LogP contribution is 2.35. The molecule has 0 aliphatic heterocycles. The summed E-state index contributed by atoms with van der Waals surface area (Å²) in [6.45, 7) is 0. The van der Waals surface area contributed by atoms with Gasteiger partial charge in [0.05, 0.1) is 27.0 Å². The number of hydrogen-bond donors (Lipinski definition) is 0. The van der Waals surface area contributed by atoms with Crippen molar-refractivity contribution in [3.05, 3.63) is 28.0 Å². The van der Waals surface area contributed by atoms with Gasteiger partial charge in [-0.05, 0) is 25.0 Å². The molecule has 0 unspecified atom stereocenters. The fourth-order valence-electron chi connectivity index (χ4n) is 3.16. The molecular formula is C15H17Cl3N2. The quantitative estimate of drug-likeness (QED) is 0.489. The summed E-state index contributed by atoms with van der Waals surface area (Å²) in [6.07, 6.45) is 7.57. The van der Waals surface area contributed by atoms with Crippen molar-refractivity contribution >= 4 is 45.8 Å². The van der Waals surface area contributed by atoms with Gasteiger partial charge in [0.25, 0.3) is 0 Å². The number of imidazole rings is 1. The predicted molar refractivity (Wildman–Crippen MR) is 86.0 cm³/mol. The lowest BCUT2D eigenvalue weighted by Crippen LogP contribution is -2.11. The van der Waals surface area contributed by atoms with Crippen molar-refractivity contribution in [2.24, 2.45) is 0 Å². The lowest BCUT2D eigenvalue weighted by molar-refractivity contribution is 0.444. The van der Waals surface area contributed by atoms with Crippen LogP contribution in [0.1, 0.15) is 50.4 Å². The number of fused-ring (bicyclic) bond motifs is 1. The van der Waals surface area contributed by atoms with E-state index < -0.39 is 0 Å². The van der Waals surface area contributed by atoms with E-state index in [1.807, 2.05) is 12.1 Å². The van der Waals surface area contributed by atoms with Crippen molar-refractivity contribution in [2.45, 2.75) is 50.4 Å². The van der Waals surface area contributed by atoms with Crippen molar-refractivity contribution in [1.82, 2.24) is 9.55 Å². The minimum Gasteiger partial charge on any atom is -0.324 e. The normalized spacial score (nSPS) is 17.6. The zero-order valence-electron chi connectivity index (χ0n) is 11.2. The van der Waals surface area contributed by atoms with Crippen LogP contribution in [0.3, 0.4) is 0 Å². The molecule has 3 rings (SSSR count). The van der Waals surface area contributed by atoms with Gasteiger partial charge in [0, 0.05) is 6.04 Å². The number of benzene rings is 1. The molecule has 1 aliphatic carbocycles. The maximum atomic E-state index is 6.18. The smallest absolute Gasteiger partial charge is 0.125 e.